The molecule has 0 spiro atoms. The van der Waals surface area contributed by atoms with Crippen LogP contribution in [-0.4, -0.2) is 24.1 Å². The van der Waals surface area contributed by atoms with Gasteiger partial charge < -0.3 is 9.47 Å². The van der Waals surface area contributed by atoms with Crippen LogP contribution in [0.5, 0.6) is 0 Å². The van der Waals surface area contributed by atoms with E-state index in [2.05, 4.69) is 0 Å². The van der Waals surface area contributed by atoms with Crippen molar-refractivity contribution in [2.45, 2.75) is 37.7 Å². The van der Waals surface area contributed by atoms with Crippen molar-refractivity contribution in [1.29, 1.82) is 0 Å². The Morgan fingerprint density at radius 2 is 1.93 bits per heavy atom. The van der Waals surface area contributed by atoms with Crippen LogP contribution in [0.4, 0.5) is 0 Å². The minimum atomic E-state index is -0.623. The Balaban J connectivity index is 2.11. The fourth-order valence-corrected chi connectivity index (χ4v) is 3.12. The molecule has 0 bridgehead atoms. The summed E-state index contributed by atoms with van der Waals surface area (Å²) in [5, 5.41) is 0. The number of esters is 2. The van der Waals surface area contributed by atoms with Crippen molar-refractivity contribution in [2.75, 3.05) is 6.61 Å². The molecule has 3 aliphatic rings. The van der Waals surface area contributed by atoms with Crippen LogP contribution < -0.4 is 0 Å². The Hall–Kier alpha value is -1.06. The van der Waals surface area contributed by atoms with Crippen molar-refractivity contribution in [3.05, 3.63) is 0 Å². The minimum absolute atomic E-state index is 0.219. The van der Waals surface area contributed by atoms with Gasteiger partial charge in [-0.3, -0.25) is 9.59 Å². The molecule has 14 heavy (non-hydrogen) atoms. The van der Waals surface area contributed by atoms with Gasteiger partial charge in [0.1, 0.15) is 12.0 Å². The van der Waals surface area contributed by atoms with E-state index in [0.29, 0.717) is 0 Å². The Morgan fingerprint density at radius 1 is 1.14 bits per heavy atom. The molecule has 0 amide bonds. The third-order valence-corrected chi connectivity index (χ3v) is 3.89. The van der Waals surface area contributed by atoms with Crippen LogP contribution in [0.25, 0.3) is 0 Å². The average molecular weight is 196 g/mol. The molecule has 2 atom stereocenters. The molecule has 2 aliphatic heterocycles. The van der Waals surface area contributed by atoms with Crippen molar-refractivity contribution in [1.82, 2.24) is 0 Å². The second-order valence-electron chi connectivity index (χ2n) is 4.51. The first kappa shape index (κ1) is 8.26. The lowest BCUT2D eigenvalue weighted by molar-refractivity contribution is -0.153. The largest absolute Gasteiger partial charge is 0.461 e. The van der Waals surface area contributed by atoms with Gasteiger partial charge in [-0.05, 0) is 19.3 Å². The van der Waals surface area contributed by atoms with E-state index in [9.17, 15) is 9.59 Å². The van der Waals surface area contributed by atoms with Gasteiger partial charge in [-0.15, -0.1) is 0 Å². The lowest BCUT2D eigenvalue weighted by Gasteiger charge is -2.37. The van der Waals surface area contributed by atoms with Gasteiger partial charge in [0.25, 0.3) is 0 Å². The van der Waals surface area contributed by atoms with Crippen molar-refractivity contribution in [2.24, 2.45) is 5.41 Å². The molecule has 4 heteroatoms. The SMILES string of the molecule is O=C1CC23CCCCC2(COC3=O)O1. The quantitative estimate of drug-likeness (QED) is 0.537. The standard InChI is InChI=1S/C10H12O4/c11-7-5-9-3-1-2-4-10(9,14-7)6-13-8(9)12/h1-6H2. The first-order valence-electron chi connectivity index (χ1n) is 5.08. The molecule has 1 aliphatic carbocycles. The van der Waals surface area contributed by atoms with Gasteiger partial charge in [0.15, 0.2) is 5.60 Å². The molecule has 76 valence electrons. The summed E-state index contributed by atoms with van der Waals surface area (Å²) >= 11 is 0. The molecule has 4 nitrogen and oxygen atoms in total. The van der Waals surface area contributed by atoms with Crippen LogP contribution in [0.15, 0.2) is 0 Å². The van der Waals surface area contributed by atoms with Gasteiger partial charge in [-0.2, -0.15) is 0 Å². The highest BCUT2D eigenvalue weighted by Crippen LogP contribution is 2.57. The highest BCUT2D eigenvalue weighted by Gasteiger charge is 2.70. The smallest absolute Gasteiger partial charge is 0.317 e. The summed E-state index contributed by atoms with van der Waals surface area (Å²) in [4.78, 5) is 23.0. The summed E-state index contributed by atoms with van der Waals surface area (Å²) in [5.41, 5.74) is -1.22. The summed E-state index contributed by atoms with van der Waals surface area (Å²) < 4.78 is 10.4. The second kappa shape index (κ2) is 2.30. The van der Waals surface area contributed by atoms with E-state index < -0.39 is 11.0 Å². The van der Waals surface area contributed by atoms with Gasteiger partial charge in [0.2, 0.25) is 0 Å². The van der Waals surface area contributed by atoms with Gasteiger partial charge in [-0.25, -0.2) is 0 Å². The van der Waals surface area contributed by atoms with Crippen LogP contribution in [0.2, 0.25) is 0 Å². The molecular weight excluding hydrogens is 184 g/mol. The number of cyclic esters (lactones) is 1. The Morgan fingerprint density at radius 3 is 2.71 bits per heavy atom. The van der Waals surface area contributed by atoms with Crippen molar-refractivity contribution < 1.29 is 19.1 Å². The summed E-state index contributed by atoms with van der Waals surface area (Å²) in [5.74, 6) is -0.452. The van der Waals surface area contributed by atoms with E-state index in [4.69, 9.17) is 9.47 Å². The molecule has 3 rings (SSSR count). The monoisotopic (exact) mass is 196 g/mol. The number of hydrogen-bond acceptors (Lipinski definition) is 4. The first-order valence-corrected chi connectivity index (χ1v) is 5.08. The van der Waals surface area contributed by atoms with Gasteiger partial charge in [0, 0.05) is 0 Å². The zero-order valence-electron chi connectivity index (χ0n) is 7.88. The van der Waals surface area contributed by atoms with Crippen molar-refractivity contribution in [3.8, 4) is 0 Å². The molecule has 2 saturated heterocycles. The molecule has 0 radical (unpaired) electrons. The second-order valence-corrected chi connectivity index (χ2v) is 4.51. The van der Waals surface area contributed by atoms with Crippen LogP contribution >= 0.6 is 0 Å². The predicted molar refractivity (Wildman–Crippen MR) is 45.3 cm³/mol. The summed E-state index contributed by atoms with van der Waals surface area (Å²) in [6.07, 6.45) is 3.77. The first-order chi connectivity index (χ1) is 6.69. The molecule has 0 aromatic heterocycles. The van der Waals surface area contributed by atoms with E-state index in [1.165, 1.54) is 0 Å². The van der Waals surface area contributed by atoms with Gasteiger partial charge >= 0.3 is 11.9 Å². The van der Waals surface area contributed by atoms with E-state index >= 15 is 0 Å². The third kappa shape index (κ3) is 0.713. The lowest BCUT2D eigenvalue weighted by atomic mass is 9.64. The van der Waals surface area contributed by atoms with Gasteiger partial charge in [0.05, 0.1) is 6.42 Å². The number of rotatable bonds is 0. The Labute approximate surface area is 81.6 Å². The van der Waals surface area contributed by atoms with Crippen LogP contribution in [0.1, 0.15) is 32.1 Å². The zero-order chi connectivity index (χ0) is 9.81. The van der Waals surface area contributed by atoms with E-state index in [1.807, 2.05) is 0 Å². The zero-order valence-corrected chi connectivity index (χ0v) is 7.88. The summed E-state index contributed by atoms with van der Waals surface area (Å²) in [7, 11) is 0. The molecule has 0 aromatic rings. The number of carbonyl (C=O) groups is 2. The Kier molecular flexibility index (Phi) is 1.36. The summed E-state index contributed by atoms with van der Waals surface area (Å²) in [6.45, 7) is 0.275. The average Bonchev–Trinajstić information content (AvgIpc) is 2.60. The molecule has 2 unspecified atom stereocenters. The van der Waals surface area contributed by atoms with Crippen molar-refractivity contribution >= 4 is 11.9 Å². The number of carbonyl (C=O) groups excluding carboxylic acids is 2. The van der Waals surface area contributed by atoms with Crippen LogP contribution in [0, 0.1) is 5.41 Å². The predicted octanol–water partition coefficient (Wildman–Crippen LogP) is 0.789. The Bertz CT molecular complexity index is 324. The summed E-state index contributed by atoms with van der Waals surface area (Å²) in [6, 6.07) is 0. The maximum Gasteiger partial charge on any atom is 0.317 e. The minimum Gasteiger partial charge on any atom is -0.461 e. The molecule has 0 N–H and O–H groups in total. The fraction of sp³-hybridized carbons (Fsp3) is 0.800. The molecule has 0 aromatic carbocycles. The highest BCUT2D eigenvalue weighted by atomic mass is 16.6. The molecule has 1 saturated carbocycles. The lowest BCUT2D eigenvalue weighted by Crippen LogP contribution is -2.48. The number of hydrogen-bond donors (Lipinski definition) is 0. The normalized spacial score (nSPS) is 45.4. The highest BCUT2D eigenvalue weighted by molar-refractivity contribution is 5.90. The van der Waals surface area contributed by atoms with E-state index in [1.54, 1.807) is 0 Å². The van der Waals surface area contributed by atoms with E-state index in [0.717, 1.165) is 25.7 Å². The van der Waals surface area contributed by atoms with E-state index in [-0.39, 0.29) is 25.0 Å². The maximum absolute atomic E-state index is 11.7. The maximum atomic E-state index is 11.7. The molecule has 3 fully saturated rings. The van der Waals surface area contributed by atoms with Gasteiger partial charge in [-0.1, -0.05) is 6.42 Å². The van der Waals surface area contributed by atoms with Crippen LogP contribution in [0.3, 0.4) is 0 Å². The van der Waals surface area contributed by atoms with Crippen molar-refractivity contribution in [3.63, 3.8) is 0 Å². The van der Waals surface area contributed by atoms with Crippen LogP contribution in [-0.2, 0) is 19.1 Å². The fourth-order valence-electron chi connectivity index (χ4n) is 3.12. The third-order valence-electron chi connectivity index (χ3n) is 3.89. The molecular formula is C10H12O4. The number of ether oxygens (including phenoxy) is 2. The topological polar surface area (TPSA) is 52.6 Å². The molecule has 2 heterocycles.